The van der Waals surface area contributed by atoms with Gasteiger partial charge in [-0.3, -0.25) is 0 Å². The quantitative estimate of drug-likeness (QED) is 0.700. The Morgan fingerprint density at radius 2 is 1.30 bits per heavy atom. The van der Waals surface area contributed by atoms with E-state index in [1.807, 2.05) is 48.5 Å². The molecule has 0 aliphatic heterocycles. The number of hydrogen-bond donors (Lipinski definition) is 2. The van der Waals surface area contributed by atoms with Crippen LogP contribution in [0.25, 0.3) is 0 Å². The van der Waals surface area contributed by atoms with Crippen LogP contribution in [0.5, 0.6) is 0 Å². The first-order valence-electron chi connectivity index (χ1n) is 6.17. The van der Waals surface area contributed by atoms with E-state index in [0.29, 0.717) is 0 Å². The van der Waals surface area contributed by atoms with Gasteiger partial charge in [0.1, 0.15) is 6.04 Å². The van der Waals surface area contributed by atoms with Gasteiger partial charge in [0.15, 0.2) is 6.33 Å². The molecule has 0 saturated carbocycles. The molecule has 0 amide bonds. The van der Waals surface area contributed by atoms with E-state index in [4.69, 9.17) is 11.5 Å². The van der Waals surface area contributed by atoms with Crippen molar-refractivity contribution in [1.82, 2.24) is 20.2 Å². The fourth-order valence-electron chi connectivity index (χ4n) is 2.11. The van der Waals surface area contributed by atoms with Crippen molar-refractivity contribution in [3.63, 3.8) is 0 Å². The van der Waals surface area contributed by atoms with E-state index in [-0.39, 0.29) is 6.04 Å². The molecule has 6 heteroatoms. The average molecular weight is 266 g/mol. The summed E-state index contributed by atoms with van der Waals surface area (Å²) in [5.74, 6) is 0. The van der Waals surface area contributed by atoms with E-state index in [1.165, 1.54) is 6.33 Å². The Balaban J connectivity index is 2.09. The second kappa shape index (κ2) is 5.00. The van der Waals surface area contributed by atoms with E-state index in [2.05, 4.69) is 15.4 Å². The lowest BCUT2D eigenvalue weighted by Gasteiger charge is -2.17. The molecule has 100 valence electrons. The predicted octanol–water partition coefficient (Wildman–Crippen LogP) is 1.48. The van der Waals surface area contributed by atoms with Crippen molar-refractivity contribution in [2.24, 2.45) is 0 Å². The third-order valence-electron chi connectivity index (χ3n) is 3.10. The summed E-state index contributed by atoms with van der Waals surface area (Å²) in [6.45, 7) is 0. The molecular formula is C14H14N6. The van der Waals surface area contributed by atoms with Gasteiger partial charge in [0.2, 0.25) is 0 Å². The van der Waals surface area contributed by atoms with E-state index in [9.17, 15) is 0 Å². The first-order valence-corrected chi connectivity index (χ1v) is 6.17. The Morgan fingerprint density at radius 3 is 1.70 bits per heavy atom. The van der Waals surface area contributed by atoms with Crippen molar-refractivity contribution in [2.45, 2.75) is 6.04 Å². The number of anilines is 2. The van der Waals surface area contributed by atoms with Crippen molar-refractivity contribution >= 4 is 11.4 Å². The van der Waals surface area contributed by atoms with E-state index in [0.717, 1.165) is 22.5 Å². The highest BCUT2D eigenvalue weighted by atomic mass is 15.6. The SMILES string of the molecule is Nc1ccc(C(c2ccc(N)cc2)n2ncnn2)cc1. The molecule has 0 spiro atoms. The monoisotopic (exact) mass is 266 g/mol. The van der Waals surface area contributed by atoms with Gasteiger partial charge >= 0.3 is 0 Å². The second-order valence-electron chi connectivity index (χ2n) is 4.49. The largest absolute Gasteiger partial charge is 0.399 e. The topological polar surface area (TPSA) is 95.6 Å². The number of rotatable bonds is 3. The molecule has 1 aromatic heterocycles. The smallest absolute Gasteiger partial charge is 0.162 e. The van der Waals surface area contributed by atoms with Crippen LogP contribution in [0.1, 0.15) is 17.2 Å². The van der Waals surface area contributed by atoms with Crippen LogP contribution in [-0.2, 0) is 0 Å². The normalized spacial score (nSPS) is 10.8. The zero-order chi connectivity index (χ0) is 13.9. The van der Waals surface area contributed by atoms with Crippen LogP contribution in [0.15, 0.2) is 54.9 Å². The number of tetrazole rings is 1. The Bertz CT molecular complexity index is 627. The number of aromatic nitrogens is 4. The highest BCUT2D eigenvalue weighted by Crippen LogP contribution is 2.26. The van der Waals surface area contributed by atoms with Gasteiger partial charge in [-0.1, -0.05) is 24.3 Å². The van der Waals surface area contributed by atoms with E-state index < -0.39 is 0 Å². The Labute approximate surface area is 116 Å². The lowest BCUT2D eigenvalue weighted by molar-refractivity contribution is 0.505. The number of nitrogens with zero attached hydrogens (tertiary/aromatic N) is 4. The summed E-state index contributed by atoms with van der Waals surface area (Å²) in [4.78, 5) is 1.57. The molecule has 0 aliphatic carbocycles. The Hall–Kier alpha value is -2.89. The molecular weight excluding hydrogens is 252 g/mol. The maximum absolute atomic E-state index is 5.74. The molecule has 3 aromatic rings. The first-order chi connectivity index (χ1) is 9.74. The minimum absolute atomic E-state index is 0.154. The van der Waals surface area contributed by atoms with Crippen LogP contribution in [0, 0.1) is 0 Å². The van der Waals surface area contributed by atoms with Gasteiger partial charge in [-0.15, -0.1) is 10.2 Å². The number of benzene rings is 2. The maximum Gasteiger partial charge on any atom is 0.162 e. The number of nitrogens with two attached hydrogens (primary N) is 2. The van der Waals surface area contributed by atoms with Crippen LogP contribution in [0.3, 0.4) is 0 Å². The lowest BCUT2D eigenvalue weighted by Crippen LogP contribution is -2.15. The summed E-state index contributed by atoms with van der Waals surface area (Å²) in [6, 6.07) is 15.1. The first kappa shape index (κ1) is 12.2. The van der Waals surface area contributed by atoms with Gasteiger partial charge < -0.3 is 11.5 Å². The zero-order valence-electron chi connectivity index (χ0n) is 10.7. The molecule has 2 aromatic carbocycles. The van der Waals surface area contributed by atoms with Crippen molar-refractivity contribution in [3.8, 4) is 0 Å². The van der Waals surface area contributed by atoms with Crippen molar-refractivity contribution in [1.29, 1.82) is 0 Å². The third-order valence-corrected chi connectivity index (χ3v) is 3.10. The van der Waals surface area contributed by atoms with Crippen molar-refractivity contribution in [3.05, 3.63) is 66.0 Å². The maximum atomic E-state index is 5.74. The molecule has 0 atom stereocenters. The van der Waals surface area contributed by atoms with Crippen LogP contribution < -0.4 is 11.5 Å². The van der Waals surface area contributed by atoms with E-state index in [1.54, 1.807) is 4.80 Å². The highest BCUT2D eigenvalue weighted by Gasteiger charge is 2.18. The summed E-state index contributed by atoms with van der Waals surface area (Å²) in [5, 5.41) is 11.9. The average Bonchev–Trinajstić information content (AvgIpc) is 2.97. The minimum atomic E-state index is -0.154. The van der Waals surface area contributed by atoms with Crippen molar-refractivity contribution < 1.29 is 0 Å². The van der Waals surface area contributed by atoms with Crippen LogP contribution in [0.4, 0.5) is 11.4 Å². The Kier molecular flexibility index (Phi) is 3.04. The fraction of sp³-hybridized carbons (Fsp3) is 0.0714. The molecule has 0 bridgehead atoms. The predicted molar refractivity (Wildman–Crippen MR) is 76.8 cm³/mol. The molecule has 1 heterocycles. The molecule has 0 aliphatic rings. The number of nitrogen functional groups attached to an aromatic ring is 2. The van der Waals surface area contributed by atoms with Gasteiger partial charge in [0, 0.05) is 11.4 Å². The lowest BCUT2D eigenvalue weighted by atomic mass is 9.99. The summed E-state index contributed by atoms with van der Waals surface area (Å²) in [5.41, 5.74) is 15.0. The van der Waals surface area contributed by atoms with Gasteiger partial charge in [-0.05, 0) is 40.6 Å². The highest BCUT2D eigenvalue weighted by molar-refractivity contribution is 5.45. The fourth-order valence-corrected chi connectivity index (χ4v) is 2.11. The Morgan fingerprint density at radius 1 is 0.800 bits per heavy atom. The summed E-state index contributed by atoms with van der Waals surface area (Å²) in [7, 11) is 0. The molecule has 4 N–H and O–H groups in total. The zero-order valence-corrected chi connectivity index (χ0v) is 10.7. The minimum Gasteiger partial charge on any atom is -0.399 e. The molecule has 0 saturated heterocycles. The third kappa shape index (κ3) is 2.31. The van der Waals surface area contributed by atoms with Gasteiger partial charge in [-0.25, -0.2) is 0 Å². The van der Waals surface area contributed by atoms with Crippen LogP contribution in [-0.4, -0.2) is 20.2 Å². The molecule has 6 nitrogen and oxygen atoms in total. The van der Waals surface area contributed by atoms with Gasteiger partial charge in [-0.2, -0.15) is 4.80 Å². The standard InChI is InChI=1S/C14H14N6/c15-12-5-1-10(2-6-12)14(20-18-9-17-19-20)11-3-7-13(16)8-4-11/h1-9,14H,15-16H2. The van der Waals surface area contributed by atoms with E-state index >= 15 is 0 Å². The summed E-state index contributed by atoms with van der Waals surface area (Å²) in [6.07, 6.45) is 1.42. The van der Waals surface area contributed by atoms with Crippen molar-refractivity contribution in [2.75, 3.05) is 11.5 Å². The van der Waals surface area contributed by atoms with Gasteiger partial charge in [0.05, 0.1) is 0 Å². The molecule has 0 unspecified atom stereocenters. The van der Waals surface area contributed by atoms with Crippen LogP contribution in [0.2, 0.25) is 0 Å². The number of hydrogen-bond acceptors (Lipinski definition) is 5. The molecule has 3 rings (SSSR count). The van der Waals surface area contributed by atoms with Gasteiger partial charge in [0.25, 0.3) is 0 Å². The summed E-state index contributed by atoms with van der Waals surface area (Å²) < 4.78 is 0. The summed E-state index contributed by atoms with van der Waals surface area (Å²) >= 11 is 0. The molecule has 20 heavy (non-hydrogen) atoms. The molecule has 0 fully saturated rings. The molecule has 0 radical (unpaired) electrons. The van der Waals surface area contributed by atoms with Crippen LogP contribution >= 0.6 is 0 Å². The second-order valence-corrected chi connectivity index (χ2v) is 4.49.